The van der Waals surface area contributed by atoms with Crippen molar-refractivity contribution in [2.45, 2.75) is 25.9 Å². The van der Waals surface area contributed by atoms with Gasteiger partial charge in [-0.2, -0.15) is 0 Å². The number of benzene rings is 3. The van der Waals surface area contributed by atoms with Gasteiger partial charge in [0, 0.05) is 6.54 Å². The molecule has 0 radical (unpaired) electrons. The van der Waals surface area contributed by atoms with Crippen molar-refractivity contribution >= 4 is 5.91 Å². The Bertz CT molecular complexity index is 941. The molecule has 3 aromatic rings. The van der Waals surface area contributed by atoms with E-state index in [1.165, 1.54) is 0 Å². The number of nitrogens with zero attached hydrogens (tertiary/aromatic N) is 1. The van der Waals surface area contributed by atoms with E-state index in [9.17, 15) is 4.79 Å². The fraction of sp³-hybridized carbons (Fsp3) is 0.208. The van der Waals surface area contributed by atoms with Crippen molar-refractivity contribution < 1.29 is 14.3 Å². The van der Waals surface area contributed by atoms with Gasteiger partial charge in [-0.05, 0) is 35.7 Å². The number of carbonyl (C=O) groups is 1. The van der Waals surface area contributed by atoms with Crippen LogP contribution in [0.5, 0.6) is 11.5 Å². The van der Waals surface area contributed by atoms with Gasteiger partial charge in [0.05, 0.1) is 12.5 Å². The molecule has 4 nitrogen and oxygen atoms in total. The van der Waals surface area contributed by atoms with Crippen LogP contribution in [0.15, 0.2) is 78.9 Å². The van der Waals surface area contributed by atoms with Crippen molar-refractivity contribution in [1.82, 2.24) is 4.90 Å². The predicted octanol–water partition coefficient (Wildman–Crippen LogP) is 4.75. The monoisotopic (exact) mass is 373 g/mol. The van der Waals surface area contributed by atoms with Crippen LogP contribution in [0.2, 0.25) is 0 Å². The highest BCUT2D eigenvalue weighted by Gasteiger charge is 2.23. The van der Waals surface area contributed by atoms with Crippen molar-refractivity contribution in [3.63, 3.8) is 0 Å². The summed E-state index contributed by atoms with van der Waals surface area (Å²) in [6.07, 6.45) is 0.320. The molecule has 0 aromatic heterocycles. The molecular weight excluding hydrogens is 350 g/mol. The molecular formula is C24H23NO3. The molecule has 1 aliphatic rings. The first-order chi connectivity index (χ1) is 13.7. The van der Waals surface area contributed by atoms with Gasteiger partial charge in [0.2, 0.25) is 12.7 Å². The minimum atomic E-state index is -0.0251. The minimum absolute atomic E-state index is 0.0251. The van der Waals surface area contributed by atoms with Crippen molar-refractivity contribution in [1.29, 1.82) is 0 Å². The standard InChI is InChI=1S/C24H23NO3/c1-18(21-10-6-3-7-11-21)25(16-19-8-4-2-5-9-19)24(26)15-20-12-13-22-23(14-20)28-17-27-22/h2-14,18H,15-17H2,1H3/t18-/m0/s1. The normalized spacial score (nSPS) is 13.2. The second-order valence-corrected chi connectivity index (χ2v) is 6.96. The Labute approximate surface area is 165 Å². The second-order valence-electron chi connectivity index (χ2n) is 6.96. The van der Waals surface area contributed by atoms with E-state index in [4.69, 9.17) is 9.47 Å². The van der Waals surface area contributed by atoms with Crippen LogP contribution in [0, 0.1) is 0 Å². The van der Waals surface area contributed by atoms with Gasteiger partial charge in [-0.1, -0.05) is 66.7 Å². The van der Waals surface area contributed by atoms with Gasteiger partial charge in [0.1, 0.15) is 0 Å². The first kappa shape index (κ1) is 18.1. The summed E-state index contributed by atoms with van der Waals surface area (Å²) in [5.41, 5.74) is 3.16. The lowest BCUT2D eigenvalue weighted by atomic mass is 10.0. The van der Waals surface area contributed by atoms with Gasteiger partial charge in [-0.3, -0.25) is 4.79 Å². The molecule has 0 aliphatic carbocycles. The average molecular weight is 373 g/mol. The second kappa shape index (κ2) is 8.17. The molecule has 28 heavy (non-hydrogen) atoms. The number of rotatable bonds is 6. The zero-order chi connectivity index (χ0) is 19.3. The van der Waals surface area contributed by atoms with Gasteiger partial charge in [-0.25, -0.2) is 0 Å². The molecule has 0 saturated heterocycles. The van der Waals surface area contributed by atoms with Crippen LogP contribution < -0.4 is 9.47 Å². The van der Waals surface area contributed by atoms with Crippen LogP contribution >= 0.6 is 0 Å². The number of hydrogen-bond donors (Lipinski definition) is 0. The van der Waals surface area contributed by atoms with E-state index in [0.717, 1.165) is 22.4 Å². The lowest BCUT2D eigenvalue weighted by molar-refractivity contribution is -0.133. The third kappa shape index (κ3) is 4.01. The first-order valence-corrected chi connectivity index (χ1v) is 9.47. The summed E-state index contributed by atoms with van der Waals surface area (Å²) in [5, 5.41) is 0. The number of amides is 1. The Morgan fingerprint density at radius 3 is 2.32 bits per heavy atom. The maximum atomic E-state index is 13.3. The highest BCUT2D eigenvalue weighted by molar-refractivity contribution is 5.79. The molecule has 0 bridgehead atoms. The Kier molecular flexibility index (Phi) is 5.29. The van der Waals surface area contributed by atoms with Gasteiger partial charge in [0.15, 0.2) is 11.5 Å². The van der Waals surface area contributed by atoms with Crippen LogP contribution in [0.25, 0.3) is 0 Å². The third-order valence-electron chi connectivity index (χ3n) is 5.06. The molecule has 1 heterocycles. The summed E-state index contributed by atoms with van der Waals surface area (Å²) in [5.74, 6) is 1.52. The molecule has 1 atom stereocenters. The molecule has 1 amide bonds. The average Bonchev–Trinajstić information content (AvgIpc) is 3.21. The quantitative estimate of drug-likeness (QED) is 0.626. The topological polar surface area (TPSA) is 38.8 Å². The molecule has 3 aromatic carbocycles. The van der Waals surface area contributed by atoms with Crippen LogP contribution in [-0.4, -0.2) is 17.6 Å². The largest absolute Gasteiger partial charge is 0.454 e. The summed E-state index contributed by atoms with van der Waals surface area (Å²) < 4.78 is 10.8. The van der Waals surface area contributed by atoms with E-state index < -0.39 is 0 Å². The molecule has 4 rings (SSSR count). The number of fused-ring (bicyclic) bond motifs is 1. The van der Waals surface area contributed by atoms with Gasteiger partial charge in [-0.15, -0.1) is 0 Å². The first-order valence-electron chi connectivity index (χ1n) is 9.47. The van der Waals surface area contributed by atoms with Crippen molar-refractivity contribution in [3.05, 3.63) is 95.6 Å². The summed E-state index contributed by atoms with van der Waals surface area (Å²) in [7, 11) is 0. The molecule has 0 spiro atoms. The van der Waals surface area contributed by atoms with E-state index in [0.29, 0.717) is 18.7 Å². The van der Waals surface area contributed by atoms with Crippen molar-refractivity contribution in [2.24, 2.45) is 0 Å². The Balaban J connectivity index is 1.57. The fourth-order valence-corrected chi connectivity index (χ4v) is 3.46. The van der Waals surface area contributed by atoms with Crippen LogP contribution in [0.3, 0.4) is 0 Å². The lowest BCUT2D eigenvalue weighted by Crippen LogP contribution is -2.34. The van der Waals surface area contributed by atoms with Crippen LogP contribution in [0.4, 0.5) is 0 Å². The molecule has 142 valence electrons. The van der Waals surface area contributed by atoms with E-state index in [-0.39, 0.29) is 18.7 Å². The molecule has 4 heteroatoms. The summed E-state index contributed by atoms with van der Waals surface area (Å²) in [6.45, 7) is 2.88. The highest BCUT2D eigenvalue weighted by Crippen LogP contribution is 2.33. The van der Waals surface area contributed by atoms with E-state index >= 15 is 0 Å². The van der Waals surface area contributed by atoms with Gasteiger partial charge in [0.25, 0.3) is 0 Å². The molecule has 1 aliphatic heterocycles. The molecule has 0 N–H and O–H groups in total. The van der Waals surface area contributed by atoms with E-state index in [1.807, 2.05) is 59.5 Å². The van der Waals surface area contributed by atoms with Crippen molar-refractivity contribution in [2.75, 3.05) is 6.79 Å². The number of hydrogen-bond acceptors (Lipinski definition) is 3. The Hall–Kier alpha value is -3.27. The van der Waals surface area contributed by atoms with Gasteiger partial charge < -0.3 is 14.4 Å². The Morgan fingerprint density at radius 1 is 0.893 bits per heavy atom. The lowest BCUT2D eigenvalue weighted by Gasteiger charge is -2.30. The fourth-order valence-electron chi connectivity index (χ4n) is 3.46. The maximum absolute atomic E-state index is 13.3. The smallest absolute Gasteiger partial charge is 0.231 e. The Morgan fingerprint density at radius 2 is 1.57 bits per heavy atom. The minimum Gasteiger partial charge on any atom is -0.454 e. The number of carbonyl (C=O) groups excluding carboxylic acids is 1. The molecule has 0 fully saturated rings. The SMILES string of the molecule is C[C@@H](c1ccccc1)N(Cc1ccccc1)C(=O)Cc1ccc2c(c1)OCO2. The molecule has 0 unspecified atom stereocenters. The summed E-state index contributed by atoms with van der Waals surface area (Å²) in [4.78, 5) is 15.2. The summed E-state index contributed by atoms with van der Waals surface area (Å²) in [6, 6.07) is 25.9. The van der Waals surface area contributed by atoms with Gasteiger partial charge >= 0.3 is 0 Å². The van der Waals surface area contributed by atoms with Crippen LogP contribution in [0.1, 0.15) is 29.7 Å². The zero-order valence-corrected chi connectivity index (χ0v) is 15.9. The number of ether oxygens (including phenoxy) is 2. The predicted molar refractivity (Wildman–Crippen MR) is 108 cm³/mol. The highest BCUT2D eigenvalue weighted by atomic mass is 16.7. The molecule has 0 saturated carbocycles. The van der Waals surface area contributed by atoms with Crippen molar-refractivity contribution in [3.8, 4) is 11.5 Å². The van der Waals surface area contributed by atoms with E-state index in [2.05, 4.69) is 31.2 Å². The van der Waals surface area contributed by atoms with Crippen LogP contribution in [-0.2, 0) is 17.8 Å². The third-order valence-corrected chi connectivity index (χ3v) is 5.06. The zero-order valence-electron chi connectivity index (χ0n) is 15.9. The van der Waals surface area contributed by atoms with E-state index in [1.54, 1.807) is 0 Å². The maximum Gasteiger partial charge on any atom is 0.231 e. The summed E-state index contributed by atoms with van der Waals surface area (Å²) >= 11 is 0.